The minimum atomic E-state index is -4.13. The third-order valence-corrected chi connectivity index (χ3v) is 4.03. The summed E-state index contributed by atoms with van der Waals surface area (Å²) in [6.07, 6.45) is 2.13. The van der Waals surface area contributed by atoms with Gasteiger partial charge in [-0.1, -0.05) is 31.9 Å². The van der Waals surface area contributed by atoms with Crippen molar-refractivity contribution in [2.75, 3.05) is 0 Å². The van der Waals surface area contributed by atoms with E-state index in [2.05, 4.69) is 0 Å². The SMILES string of the molecule is CCCCC(c1ccc(C#N)cc1)P(=O)(O)O. The van der Waals surface area contributed by atoms with Crippen LogP contribution in [0.15, 0.2) is 24.3 Å². The van der Waals surface area contributed by atoms with Crippen molar-refractivity contribution in [1.29, 1.82) is 5.26 Å². The van der Waals surface area contributed by atoms with Crippen LogP contribution in [0.2, 0.25) is 0 Å². The van der Waals surface area contributed by atoms with Crippen molar-refractivity contribution in [2.45, 2.75) is 31.8 Å². The zero-order valence-electron chi connectivity index (χ0n) is 9.71. The number of hydrogen-bond acceptors (Lipinski definition) is 2. The van der Waals surface area contributed by atoms with Crippen molar-refractivity contribution in [2.24, 2.45) is 0 Å². The first-order chi connectivity index (χ1) is 7.99. The van der Waals surface area contributed by atoms with E-state index in [9.17, 15) is 14.4 Å². The molecule has 5 heteroatoms. The molecule has 0 saturated heterocycles. The normalized spacial score (nSPS) is 13.1. The molecule has 1 aromatic carbocycles. The Morgan fingerprint density at radius 1 is 1.35 bits per heavy atom. The second-order valence-corrected chi connectivity index (χ2v) is 5.78. The molecule has 4 nitrogen and oxygen atoms in total. The fraction of sp³-hybridized carbons (Fsp3) is 0.417. The van der Waals surface area contributed by atoms with Gasteiger partial charge in [-0.3, -0.25) is 4.57 Å². The molecular weight excluding hydrogens is 237 g/mol. The Bertz CT molecular complexity index is 444. The van der Waals surface area contributed by atoms with E-state index in [-0.39, 0.29) is 0 Å². The lowest BCUT2D eigenvalue weighted by molar-refractivity contribution is 0.354. The van der Waals surface area contributed by atoms with E-state index in [1.807, 2.05) is 13.0 Å². The largest absolute Gasteiger partial charge is 0.332 e. The van der Waals surface area contributed by atoms with E-state index < -0.39 is 13.3 Å². The molecule has 17 heavy (non-hydrogen) atoms. The summed E-state index contributed by atoms with van der Waals surface area (Å²) in [4.78, 5) is 18.7. The van der Waals surface area contributed by atoms with Crippen molar-refractivity contribution < 1.29 is 14.4 Å². The van der Waals surface area contributed by atoms with Crippen LogP contribution < -0.4 is 0 Å². The lowest BCUT2D eigenvalue weighted by Crippen LogP contribution is -2.00. The van der Waals surface area contributed by atoms with Gasteiger partial charge >= 0.3 is 7.60 Å². The lowest BCUT2D eigenvalue weighted by atomic mass is 10.1. The van der Waals surface area contributed by atoms with Gasteiger partial charge < -0.3 is 9.79 Å². The maximum atomic E-state index is 11.4. The standard InChI is InChI=1S/C12H16NO3P/c1-2-3-4-12(17(14,15)16)11-7-5-10(9-13)6-8-11/h5-8,12H,2-4H2,1H3,(H2,14,15,16). The highest BCUT2D eigenvalue weighted by molar-refractivity contribution is 7.52. The van der Waals surface area contributed by atoms with Gasteiger partial charge in [0.1, 0.15) is 0 Å². The first kappa shape index (κ1) is 13.9. The maximum absolute atomic E-state index is 11.4. The van der Waals surface area contributed by atoms with Gasteiger partial charge in [0.05, 0.1) is 17.3 Å². The number of benzene rings is 1. The van der Waals surface area contributed by atoms with E-state index in [0.717, 1.165) is 12.8 Å². The highest BCUT2D eigenvalue weighted by atomic mass is 31.2. The van der Waals surface area contributed by atoms with Crippen molar-refractivity contribution in [3.63, 3.8) is 0 Å². The van der Waals surface area contributed by atoms with E-state index in [1.54, 1.807) is 24.3 Å². The topological polar surface area (TPSA) is 81.3 Å². The number of unbranched alkanes of at least 4 members (excludes halogenated alkanes) is 1. The highest BCUT2D eigenvalue weighted by Crippen LogP contribution is 2.54. The molecule has 2 N–H and O–H groups in total. The van der Waals surface area contributed by atoms with Crippen LogP contribution >= 0.6 is 7.60 Å². The van der Waals surface area contributed by atoms with Gasteiger partial charge in [-0.15, -0.1) is 0 Å². The van der Waals surface area contributed by atoms with Crippen molar-refractivity contribution in [3.05, 3.63) is 35.4 Å². The first-order valence-corrected chi connectivity index (χ1v) is 7.22. The van der Waals surface area contributed by atoms with E-state index in [0.29, 0.717) is 17.5 Å². The number of nitrogens with zero attached hydrogens (tertiary/aromatic N) is 1. The minimum absolute atomic E-state index is 0.465. The molecule has 0 amide bonds. The summed E-state index contributed by atoms with van der Waals surface area (Å²) in [5, 5.41) is 8.66. The molecule has 1 rings (SSSR count). The Kier molecular flexibility index (Phi) is 4.89. The molecule has 92 valence electrons. The van der Waals surface area contributed by atoms with Crippen LogP contribution in [-0.4, -0.2) is 9.79 Å². The second-order valence-electron chi connectivity index (χ2n) is 3.98. The Morgan fingerprint density at radius 3 is 2.35 bits per heavy atom. The van der Waals surface area contributed by atoms with Gasteiger partial charge in [-0.05, 0) is 24.1 Å². The third-order valence-electron chi connectivity index (χ3n) is 2.66. The molecule has 1 atom stereocenters. The zero-order chi connectivity index (χ0) is 12.9. The predicted molar refractivity (Wildman–Crippen MR) is 65.5 cm³/mol. The van der Waals surface area contributed by atoms with Crippen LogP contribution in [0.25, 0.3) is 0 Å². The average Bonchev–Trinajstić information content (AvgIpc) is 2.29. The summed E-state index contributed by atoms with van der Waals surface area (Å²) in [6.45, 7) is 1.98. The number of hydrogen-bond donors (Lipinski definition) is 2. The van der Waals surface area contributed by atoms with E-state index >= 15 is 0 Å². The van der Waals surface area contributed by atoms with Gasteiger partial charge in [0.2, 0.25) is 0 Å². The molecule has 0 saturated carbocycles. The molecule has 0 radical (unpaired) electrons. The molecule has 0 aliphatic carbocycles. The van der Waals surface area contributed by atoms with Crippen molar-refractivity contribution >= 4 is 7.60 Å². The van der Waals surface area contributed by atoms with Crippen LogP contribution in [0.3, 0.4) is 0 Å². The Labute approximate surface area is 101 Å². The molecule has 0 spiro atoms. The number of rotatable bonds is 5. The van der Waals surface area contributed by atoms with E-state index in [4.69, 9.17) is 5.26 Å². The van der Waals surface area contributed by atoms with Crippen LogP contribution in [0.4, 0.5) is 0 Å². The second kappa shape index (κ2) is 5.97. The van der Waals surface area contributed by atoms with Gasteiger partial charge in [0.25, 0.3) is 0 Å². The van der Waals surface area contributed by atoms with Crippen molar-refractivity contribution in [3.8, 4) is 6.07 Å². The molecule has 0 aliphatic rings. The molecule has 0 heterocycles. The molecule has 0 aliphatic heterocycles. The maximum Gasteiger partial charge on any atom is 0.332 e. The van der Waals surface area contributed by atoms with Gasteiger partial charge in [0.15, 0.2) is 0 Å². The first-order valence-electron chi connectivity index (χ1n) is 5.54. The fourth-order valence-electron chi connectivity index (χ4n) is 1.71. The Morgan fingerprint density at radius 2 is 1.94 bits per heavy atom. The monoisotopic (exact) mass is 253 g/mol. The zero-order valence-corrected chi connectivity index (χ0v) is 10.6. The molecule has 0 fully saturated rings. The summed E-state index contributed by atoms with van der Waals surface area (Å²) < 4.78 is 11.4. The van der Waals surface area contributed by atoms with Gasteiger partial charge in [-0.25, -0.2) is 0 Å². The summed E-state index contributed by atoms with van der Waals surface area (Å²) >= 11 is 0. The van der Waals surface area contributed by atoms with Crippen LogP contribution in [0.1, 0.15) is 43.0 Å². The quantitative estimate of drug-likeness (QED) is 0.790. The summed E-state index contributed by atoms with van der Waals surface area (Å²) in [6, 6.07) is 8.40. The summed E-state index contributed by atoms with van der Waals surface area (Å²) in [5.74, 6) is 0. The van der Waals surface area contributed by atoms with Crippen LogP contribution in [0.5, 0.6) is 0 Å². The highest BCUT2D eigenvalue weighted by Gasteiger charge is 2.29. The molecule has 0 aromatic heterocycles. The summed E-state index contributed by atoms with van der Waals surface area (Å²) in [5.41, 5.74) is 0.342. The Hall–Kier alpha value is -1.14. The molecular formula is C12H16NO3P. The summed E-state index contributed by atoms with van der Waals surface area (Å²) in [7, 11) is -4.13. The Balaban J connectivity index is 2.97. The molecule has 0 bridgehead atoms. The molecule has 1 unspecified atom stereocenters. The fourth-order valence-corrected chi connectivity index (χ4v) is 2.79. The smallest absolute Gasteiger partial charge is 0.324 e. The predicted octanol–water partition coefficient (Wildman–Crippen LogP) is 2.97. The van der Waals surface area contributed by atoms with Crippen molar-refractivity contribution in [1.82, 2.24) is 0 Å². The van der Waals surface area contributed by atoms with Crippen LogP contribution in [0, 0.1) is 11.3 Å². The van der Waals surface area contributed by atoms with Gasteiger partial charge in [0, 0.05) is 0 Å². The minimum Gasteiger partial charge on any atom is -0.324 e. The average molecular weight is 253 g/mol. The third kappa shape index (κ3) is 3.98. The van der Waals surface area contributed by atoms with E-state index in [1.165, 1.54) is 0 Å². The van der Waals surface area contributed by atoms with Crippen LogP contribution in [-0.2, 0) is 4.57 Å². The molecule has 1 aromatic rings. The lowest BCUT2D eigenvalue weighted by Gasteiger charge is -2.18. The van der Waals surface area contributed by atoms with Gasteiger partial charge in [-0.2, -0.15) is 5.26 Å². The number of nitriles is 1.